The molecular weight excluding hydrogens is 272 g/mol. The lowest BCUT2D eigenvalue weighted by Crippen LogP contribution is -2.30. The van der Waals surface area contributed by atoms with Crippen molar-refractivity contribution in [3.05, 3.63) is 64.9 Å². The van der Waals surface area contributed by atoms with Gasteiger partial charge in [-0.2, -0.15) is 0 Å². The van der Waals surface area contributed by atoms with E-state index in [9.17, 15) is 4.79 Å². The number of amides is 1. The Balaban J connectivity index is 1.86. The smallest absolute Gasteiger partial charge is 0.226 e. The van der Waals surface area contributed by atoms with Crippen LogP contribution in [0, 0.1) is 0 Å². The number of aromatic nitrogens is 1. The summed E-state index contributed by atoms with van der Waals surface area (Å²) in [5, 5.41) is 0.662. The summed E-state index contributed by atoms with van der Waals surface area (Å²) in [6.45, 7) is 0.698. The number of carbonyl (C=O) groups is 1. The minimum absolute atomic E-state index is 0.0984. The molecule has 0 radical (unpaired) electrons. The zero-order valence-corrected chi connectivity index (χ0v) is 12.2. The SMILES string of the molecule is CN(CCc1ccncc1)C(=O)Cc1cccc(Cl)c1. The van der Waals surface area contributed by atoms with Gasteiger partial charge in [-0.25, -0.2) is 0 Å². The van der Waals surface area contributed by atoms with E-state index in [-0.39, 0.29) is 5.91 Å². The van der Waals surface area contributed by atoms with Gasteiger partial charge >= 0.3 is 0 Å². The molecule has 1 aromatic heterocycles. The molecule has 1 aromatic carbocycles. The largest absolute Gasteiger partial charge is 0.345 e. The zero-order chi connectivity index (χ0) is 14.4. The monoisotopic (exact) mass is 288 g/mol. The Labute approximate surface area is 124 Å². The minimum Gasteiger partial charge on any atom is -0.345 e. The summed E-state index contributed by atoms with van der Waals surface area (Å²) in [6.07, 6.45) is 4.75. The highest BCUT2D eigenvalue weighted by atomic mass is 35.5. The Bertz CT molecular complexity index is 572. The Morgan fingerprint density at radius 2 is 1.95 bits per heavy atom. The lowest BCUT2D eigenvalue weighted by molar-refractivity contribution is -0.129. The molecule has 1 heterocycles. The average molecular weight is 289 g/mol. The van der Waals surface area contributed by atoms with E-state index in [2.05, 4.69) is 4.98 Å². The fraction of sp³-hybridized carbons (Fsp3) is 0.250. The van der Waals surface area contributed by atoms with Crippen LogP contribution in [0.1, 0.15) is 11.1 Å². The third kappa shape index (κ3) is 4.35. The molecule has 0 bridgehead atoms. The van der Waals surface area contributed by atoms with Gasteiger partial charge in [0.1, 0.15) is 0 Å². The maximum absolute atomic E-state index is 12.1. The molecule has 20 heavy (non-hydrogen) atoms. The van der Waals surface area contributed by atoms with Gasteiger partial charge in [0.25, 0.3) is 0 Å². The summed E-state index contributed by atoms with van der Waals surface area (Å²) < 4.78 is 0. The molecule has 3 nitrogen and oxygen atoms in total. The first-order valence-corrected chi connectivity index (χ1v) is 6.90. The summed E-state index contributed by atoms with van der Waals surface area (Å²) in [5.41, 5.74) is 2.13. The molecule has 2 rings (SSSR count). The van der Waals surface area contributed by atoms with E-state index in [1.165, 1.54) is 5.56 Å². The Morgan fingerprint density at radius 1 is 1.20 bits per heavy atom. The summed E-state index contributed by atoms with van der Waals surface area (Å²) in [4.78, 5) is 17.8. The molecule has 0 saturated carbocycles. The number of benzene rings is 1. The molecule has 1 amide bonds. The molecule has 4 heteroatoms. The molecule has 0 unspecified atom stereocenters. The molecule has 0 atom stereocenters. The third-order valence-corrected chi connectivity index (χ3v) is 3.39. The van der Waals surface area contributed by atoms with E-state index >= 15 is 0 Å². The van der Waals surface area contributed by atoms with Crippen molar-refractivity contribution in [2.45, 2.75) is 12.8 Å². The zero-order valence-electron chi connectivity index (χ0n) is 11.4. The first kappa shape index (κ1) is 14.5. The van der Waals surface area contributed by atoms with Gasteiger partial charge < -0.3 is 4.90 Å². The van der Waals surface area contributed by atoms with Crippen molar-refractivity contribution < 1.29 is 4.79 Å². The van der Waals surface area contributed by atoms with Gasteiger partial charge in [-0.1, -0.05) is 23.7 Å². The van der Waals surface area contributed by atoms with Gasteiger partial charge in [0.05, 0.1) is 6.42 Å². The molecule has 0 spiro atoms. The Hall–Kier alpha value is -1.87. The fourth-order valence-corrected chi connectivity index (χ4v) is 2.14. The maximum atomic E-state index is 12.1. The standard InChI is InChI=1S/C16H17ClN2O/c1-19(10-7-13-5-8-18-9-6-13)16(20)12-14-3-2-4-15(17)11-14/h2-6,8-9,11H,7,10,12H2,1H3. The molecule has 0 fully saturated rings. The van der Waals surface area contributed by atoms with E-state index < -0.39 is 0 Å². The fourth-order valence-electron chi connectivity index (χ4n) is 1.93. The van der Waals surface area contributed by atoms with E-state index in [0.29, 0.717) is 18.0 Å². The highest BCUT2D eigenvalue weighted by Gasteiger charge is 2.09. The van der Waals surface area contributed by atoms with E-state index in [1.807, 2.05) is 43.4 Å². The first-order valence-electron chi connectivity index (χ1n) is 6.52. The number of rotatable bonds is 5. The Kier molecular flexibility index (Phi) is 5.13. The summed E-state index contributed by atoms with van der Waals surface area (Å²) >= 11 is 5.92. The van der Waals surface area contributed by atoms with Crippen molar-refractivity contribution in [2.75, 3.05) is 13.6 Å². The van der Waals surface area contributed by atoms with E-state index in [0.717, 1.165) is 12.0 Å². The first-order chi connectivity index (χ1) is 9.65. The van der Waals surface area contributed by atoms with Crippen molar-refractivity contribution in [3.63, 3.8) is 0 Å². The van der Waals surface area contributed by atoms with Crippen LogP contribution in [0.4, 0.5) is 0 Å². The molecule has 0 aliphatic carbocycles. The van der Waals surface area contributed by atoms with Crippen LogP contribution in [0.25, 0.3) is 0 Å². The number of hydrogen-bond acceptors (Lipinski definition) is 2. The number of likely N-dealkylation sites (N-methyl/N-ethyl adjacent to an activating group) is 1. The number of carbonyl (C=O) groups excluding carboxylic acids is 1. The second-order valence-electron chi connectivity index (χ2n) is 4.73. The highest BCUT2D eigenvalue weighted by molar-refractivity contribution is 6.30. The predicted octanol–water partition coefficient (Wildman–Crippen LogP) is 2.98. The molecule has 0 saturated heterocycles. The molecule has 104 valence electrons. The van der Waals surface area contributed by atoms with Crippen molar-refractivity contribution in [1.29, 1.82) is 0 Å². The van der Waals surface area contributed by atoms with Gasteiger partial charge in [0, 0.05) is 31.0 Å². The molecule has 2 aromatic rings. The third-order valence-electron chi connectivity index (χ3n) is 3.16. The van der Waals surface area contributed by atoms with E-state index in [4.69, 9.17) is 11.6 Å². The minimum atomic E-state index is 0.0984. The summed E-state index contributed by atoms with van der Waals surface area (Å²) in [7, 11) is 1.83. The lowest BCUT2D eigenvalue weighted by Gasteiger charge is -2.17. The summed E-state index contributed by atoms with van der Waals surface area (Å²) in [6, 6.07) is 11.4. The van der Waals surface area contributed by atoms with Crippen molar-refractivity contribution >= 4 is 17.5 Å². The van der Waals surface area contributed by atoms with Gasteiger partial charge in [-0.3, -0.25) is 9.78 Å². The van der Waals surface area contributed by atoms with Crippen LogP contribution in [0.5, 0.6) is 0 Å². The van der Waals surface area contributed by atoms with Crippen LogP contribution in [0.2, 0.25) is 5.02 Å². The topological polar surface area (TPSA) is 33.2 Å². The Morgan fingerprint density at radius 3 is 2.65 bits per heavy atom. The number of halogens is 1. The number of nitrogens with zero attached hydrogens (tertiary/aromatic N) is 2. The molecule has 0 N–H and O–H groups in total. The van der Waals surface area contributed by atoms with Gasteiger partial charge in [-0.15, -0.1) is 0 Å². The normalized spacial score (nSPS) is 10.3. The second kappa shape index (κ2) is 7.06. The molecule has 0 aliphatic heterocycles. The summed E-state index contributed by atoms with van der Waals surface area (Å²) in [5.74, 6) is 0.0984. The van der Waals surface area contributed by atoms with Crippen molar-refractivity contribution in [1.82, 2.24) is 9.88 Å². The van der Waals surface area contributed by atoms with Crippen LogP contribution < -0.4 is 0 Å². The van der Waals surface area contributed by atoms with Crippen LogP contribution in [0.3, 0.4) is 0 Å². The second-order valence-corrected chi connectivity index (χ2v) is 5.16. The quantitative estimate of drug-likeness (QED) is 0.847. The van der Waals surface area contributed by atoms with Crippen LogP contribution >= 0.6 is 11.6 Å². The van der Waals surface area contributed by atoms with Gasteiger partial charge in [-0.05, 0) is 41.8 Å². The van der Waals surface area contributed by atoms with Crippen LogP contribution in [-0.2, 0) is 17.6 Å². The van der Waals surface area contributed by atoms with Gasteiger partial charge in [0.2, 0.25) is 5.91 Å². The highest BCUT2D eigenvalue weighted by Crippen LogP contribution is 2.12. The number of pyridine rings is 1. The van der Waals surface area contributed by atoms with Crippen LogP contribution in [-0.4, -0.2) is 29.4 Å². The lowest BCUT2D eigenvalue weighted by atomic mass is 10.1. The molecule has 0 aliphatic rings. The van der Waals surface area contributed by atoms with Crippen LogP contribution in [0.15, 0.2) is 48.8 Å². The number of hydrogen-bond donors (Lipinski definition) is 0. The predicted molar refractivity (Wildman–Crippen MR) is 80.7 cm³/mol. The van der Waals surface area contributed by atoms with Gasteiger partial charge in [0.15, 0.2) is 0 Å². The maximum Gasteiger partial charge on any atom is 0.226 e. The molecular formula is C16H17ClN2O. The average Bonchev–Trinajstić information content (AvgIpc) is 2.46. The van der Waals surface area contributed by atoms with E-state index in [1.54, 1.807) is 17.3 Å². The van der Waals surface area contributed by atoms with Crippen molar-refractivity contribution in [3.8, 4) is 0 Å². The van der Waals surface area contributed by atoms with Crippen molar-refractivity contribution in [2.24, 2.45) is 0 Å².